The minimum Gasteiger partial charge on any atom is -0.371 e. The number of hydrogen-bond donors (Lipinski definition) is 1. The van der Waals surface area contributed by atoms with Gasteiger partial charge in [0.2, 0.25) is 5.91 Å². The molecule has 1 aliphatic carbocycles. The Labute approximate surface area is 115 Å². The average Bonchev–Trinajstić information content (AvgIpc) is 2.78. The Kier molecular flexibility index (Phi) is 4.08. The smallest absolute Gasteiger partial charge is 0.223 e. The first-order valence-electron chi connectivity index (χ1n) is 7.88. The molecule has 0 aromatic carbocycles. The van der Waals surface area contributed by atoms with E-state index in [-0.39, 0.29) is 0 Å². The van der Waals surface area contributed by atoms with Gasteiger partial charge in [-0.15, -0.1) is 0 Å². The highest BCUT2D eigenvalue weighted by atomic mass is 16.5. The topological polar surface area (TPSA) is 55.6 Å². The summed E-state index contributed by atoms with van der Waals surface area (Å²) in [6.07, 6.45) is 8.44. The van der Waals surface area contributed by atoms with Crippen LogP contribution in [0.3, 0.4) is 0 Å². The monoisotopic (exact) mass is 266 g/mol. The van der Waals surface area contributed by atoms with Crippen LogP contribution in [0.1, 0.15) is 44.9 Å². The summed E-state index contributed by atoms with van der Waals surface area (Å²) < 4.78 is 5.79. The number of rotatable bonds is 3. The lowest BCUT2D eigenvalue weighted by Crippen LogP contribution is -2.46. The fourth-order valence-electron chi connectivity index (χ4n) is 3.87. The van der Waals surface area contributed by atoms with E-state index in [9.17, 15) is 4.79 Å². The van der Waals surface area contributed by atoms with Gasteiger partial charge in [-0.05, 0) is 56.9 Å². The minimum absolute atomic E-state index is 0.315. The van der Waals surface area contributed by atoms with E-state index >= 15 is 0 Å². The van der Waals surface area contributed by atoms with E-state index in [2.05, 4.69) is 4.90 Å². The van der Waals surface area contributed by atoms with E-state index in [1.165, 1.54) is 25.7 Å². The summed E-state index contributed by atoms with van der Waals surface area (Å²) >= 11 is 0. The molecule has 2 heterocycles. The molecular weight excluding hydrogens is 240 g/mol. The zero-order valence-electron chi connectivity index (χ0n) is 11.7. The highest BCUT2D eigenvalue weighted by molar-refractivity contribution is 5.76. The highest BCUT2D eigenvalue weighted by Crippen LogP contribution is 2.32. The fourth-order valence-corrected chi connectivity index (χ4v) is 3.87. The summed E-state index contributed by atoms with van der Waals surface area (Å²) in [6.45, 7) is 2.47. The molecule has 2 bridgehead atoms. The van der Waals surface area contributed by atoms with Crippen LogP contribution in [0.25, 0.3) is 0 Å². The van der Waals surface area contributed by atoms with Crippen molar-refractivity contribution in [3.8, 4) is 0 Å². The molecule has 3 rings (SSSR count). The molecule has 0 aromatic heterocycles. The summed E-state index contributed by atoms with van der Waals surface area (Å²) in [5.74, 6) is 1.65. The van der Waals surface area contributed by atoms with Gasteiger partial charge in [-0.2, -0.15) is 0 Å². The molecule has 2 N–H and O–H groups in total. The molecule has 0 radical (unpaired) electrons. The summed E-state index contributed by atoms with van der Waals surface area (Å²) in [4.78, 5) is 14.4. The third-order valence-electron chi connectivity index (χ3n) is 5.16. The Morgan fingerprint density at radius 3 is 2.16 bits per heavy atom. The largest absolute Gasteiger partial charge is 0.371 e. The van der Waals surface area contributed by atoms with Crippen molar-refractivity contribution in [1.82, 2.24) is 4.90 Å². The predicted molar refractivity (Wildman–Crippen MR) is 73.6 cm³/mol. The van der Waals surface area contributed by atoms with Crippen molar-refractivity contribution in [2.24, 2.45) is 17.6 Å². The lowest BCUT2D eigenvalue weighted by Gasteiger charge is -2.34. The maximum Gasteiger partial charge on any atom is 0.223 e. The van der Waals surface area contributed by atoms with Crippen LogP contribution in [-0.4, -0.2) is 42.6 Å². The Morgan fingerprint density at radius 2 is 1.58 bits per heavy atom. The average molecular weight is 266 g/mol. The lowest BCUT2D eigenvalue weighted by atomic mass is 9.80. The molecule has 19 heavy (non-hydrogen) atoms. The zero-order chi connectivity index (χ0) is 13.2. The minimum atomic E-state index is 0.315. The van der Waals surface area contributed by atoms with Crippen LogP contribution in [0.5, 0.6) is 0 Å². The fraction of sp³-hybridized carbons (Fsp3) is 0.933. The number of carbonyl (C=O) groups is 1. The second-order valence-electron chi connectivity index (χ2n) is 6.58. The van der Waals surface area contributed by atoms with Crippen LogP contribution in [-0.2, 0) is 9.53 Å². The number of amides is 1. The first-order chi connectivity index (χ1) is 9.24. The van der Waals surface area contributed by atoms with Crippen molar-refractivity contribution in [3.05, 3.63) is 0 Å². The van der Waals surface area contributed by atoms with E-state index in [1.54, 1.807) is 0 Å². The number of morpholine rings is 1. The van der Waals surface area contributed by atoms with Crippen molar-refractivity contribution in [2.45, 2.75) is 57.2 Å². The normalized spacial score (nSPS) is 38.5. The van der Waals surface area contributed by atoms with E-state index < -0.39 is 0 Å². The second-order valence-corrected chi connectivity index (χ2v) is 6.58. The van der Waals surface area contributed by atoms with Gasteiger partial charge in [0.25, 0.3) is 0 Å². The molecule has 0 spiro atoms. The molecule has 3 aliphatic rings. The standard InChI is InChI=1S/C15H26N2O2/c16-8-12-3-1-11(2-4-12)7-15(18)17-9-13-5-6-14(10-17)19-13/h11-14H,1-10,16H2. The van der Waals surface area contributed by atoms with Crippen LogP contribution >= 0.6 is 0 Å². The van der Waals surface area contributed by atoms with E-state index in [1.807, 2.05) is 0 Å². The van der Waals surface area contributed by atoms with Gasteiger partial charge in [0.15, 0.2) is 0 Å². The maximum absolute atomic E-state index is 12.4. The molecule has 0 aromatic rings. The van der Waals surface area contributed by atoms with Crippen LogP contribution in [0.15, 0.2) is 0 Å². The molecule has 2 unspecified atom stereocenters. The predicted octanol–water partition coefficient (Wildman–Crippen LogP) is 1.53. The molecule has 2 atom stereocenters. The van der Waals surface area contributed by atoms with Gasteiger partial charge in [0.05, 0.1) is 12.2 Å². The number of hydrogen-bond acceptors (Lipinski definition) is 3. The molecule has 1 amide bonds. The van der Waals surface area contributed by atoms with Crippen molar-refractivity contribution in [1.29, 1.82) is 0 Å². The van der Waals surface area contributed by atoms with Crippen molar-refractivity contribution in [3.63, 3.8) is 0 Å². The zero-order valence-corrected chi connectivity index (χ0v) is 11.7. The van der Waals surface area contributed by atoms with Crippen LogP contribution in [0, 0.1) is 11.8 Å². The van der Waals surface area contributed by atoms with Crippen molar-refractivity contribution in [2.75, 3.05) is 19.6 Å². The van der Waals surface area contributed by atoms with Gasteiger partial charge in [-0.25, -0.2) is 0 Å². The van der Waals surface area contributed by atoms with Crippen LogP contribution in [0.2, 0.25) is 0 Å². The van der Waals surface area contributed by atoms with Gasteiger partial charge >= 0.3 is 0 Å². The maximum atomic E-state index is 12.4. The van der Waals surface area contributed by atoms with E-state index in [4.69, 9.17) is 10.5 Å². The number of likely N-dealkylation sites (tertiary alicyclic amines) is 1. The quantitative estimate of drug-likeness (QED) is 0.843. The van der Waals surface area contributed by atoms with Gasteiger partial charge in [-0.3, -0.25) is 4.79 Å². The SMILES string of the molecule is NCC1CCC(CC(=O)N2CC3CCC(C2)O3)CC1. The number of carbonyl (C=O) groups excluding carboxylic acids is 1. The van der Waals surface area contributed by atoms with Crippen molar-refractivity contribution < 1.29 is 9.53 Å². The molecule has 3 fully saturated rings. The highest BCUT2D eigenvalue weighted by Gasteiger charge is 2.36. The first-order valence-corrected chi connectivity index (χ1v) is 7.88. The van der Waals surface area contributed by atoms with Gasteiger partial charge in [0.1, 0.15) is 0 Å². The summed E-state index contributed by atoms with van der Waals surface area (Å²) in [5.41, 5.74) is 5.72. The van der Waals surface area contributed by atoms with Gasteiger partial charge < -0.3 is 15.4 Å². The molecule has 1 saturated carbocycles. The number of nitrogens with two attached hydrogens (primary N) is 1. The molecule has 4 heteroatoms. The van der Waals surface area contributed by atoms with Crippen LogP contribution < -0.4 is 5.73 Å². The molecule has 108 valence electrons. The molecular formula is C15H26N2O2. The Balaban J connectivity index is 1.46. The third-order valence-corrected chi connectivity index (χ3v) is 5.16. The number of fused-ring (bicyclic) bond motifs is 2. The second kappa shape index (κ2) is 5.80. The molecule has 2 aliphatic heterocycles. The first kappa shape index (κ1) is 13.4. The van der Waals surface area contributed by atoms with Gasteiger partial charge in [0, 0.05) is 19.5 Å². The molecule has 2 saturated heterocycles. The Bertz CT molecular complexity index is 314. The van der Waals surface area contributed by atoms with E-state index in [0.717, 1.165) is 38.9 Å². The summed E-state index contributed by atoms with van der Waals surface area (Å²) in [5, 5.41) is 0. The summed E-state index contributed by atoms with van der Waals surface area (Å²) in [6, 6.07) is 0. The Morgan fingerprint density at radius 1 is 1.00 bits per heavy atom. The summed E-state index contributed by atoms with van der Waals surface area (Å²) in [7, 11) is 0. The number of ether oxygens (including phenoxy) is 1. The molecule has 4 nitrogen and oxygen atoms in total. The lowest BCUT2D eigenvalue weighted by molar-refractivity contribution is -0.141. The van der Waals surface area contributed by atoms with Crippen LogP contribution in [0.4, 0.5) is 0 Å². The third kappa shape index (κ3) is 3.11. The number of nitrogens with zero attached hydrogens (tertiary/aromatic N) is 1. The Hall–Kier alpha value is -0.610. The van der Waals surface area contributed by atoms with E-state index in [0.29, 0.717) is 30.0 Å². The van der Waals surface area contributed by atoms with Crippen molar-refractivity contribution >= 4 is 5.91 Å². The van der Waals surface area contributed by atoms with Gasteiger partial charge in [-0.1, -0.05) is 0 Å².